The van der Waals surface area contributed by atoms with Crippen LogP contribution >= 0.6 is 15.9 Å². The van der Waals surface area contributed by atoms with E-state index in [0.717, 1.165) is 16.7 Å². The molecule has 0 aliphatic carbocycles. The van der Waals surface area contributed by atoms with Crippen LogP contribution in [0.4, 0.5) is 5.69 Å². The zero-order valence-corrected chi connectivity index (χ0v) is 10.9. The third-order valence-corrected chi connectivity index (χ3v) is 3.59. The first-order valence-corrected chi connectivity index (χ1v) is 6.37. The third-order valence-electron chi connectivity index (χ3n) is 2.92. The number of rotatable bonds is 1. The van der Waals surface area contributed by atoms with Gasteiger partial charge < -0.3 is 15.3 Å². The van der Waals surface area contributed by atoms with Gasteiger partial charge in [0.05, 0.1) is 11.8 Å². The molecule has 1 heterocycles. The zero-order valence-electron chi connectivity index (χ0n) is 9.36. The minimum Gasteiger partial charge on any atom is -0.390 e. The lowest BCUT2D eigenvalue weighted by Gasteiger charge is -2.30. The van der Waals surface area contributed by atoms with Crippen LogP contribution in [0.1, 0.15) is 6.92 Å². The highest BCUT2D eigenvalue weighted by molar-refractivity contribution is 9.10. The highest BCUT2D eigenvalue weighted by Crippen LogP contribution is 2.27. The highest BCUT2D eigenvalue weighted by atomic mass is 79.9. The van der Waals surface area contributed by atoms with Crippen molar-refractivity contribution in [1.29, 1.82) is 0 Å². The Hall–Kier alpha value is -0.580. The van der Waals surface area contributed by atoms with Gasteiger partial charge in [-0.25, -0.2) is 0 Å². The Labute approximate surface area is 105 Å². The van der Waals surface area contributed by atoms with Gasteiger partial charge in [0.15, 0.2) is 0 Å². The lowest BCUT2D eigenvalue weighted by atomic mass is 10.2. The number of β-amino-alcohol motifs (C(OH)–C–C–N with tert-alkyl or cyclic N) is 1. The SMILES string of the molecule is CC1CNCC(O)CN1c1ccccc1Br. The summed E-state index contributed by atoms with van der Waals surface area (Å²) in [5, 5.41) is 13.1. The summed E-state index contributed by atoms with van der Waals surface area (Å²) in [4.78, 5) is 2.24. The fourth-order valence-electron chi connectivity index (χ4n) is 2.06. The number of halogens is 1. The molecule has 1 aliphatic heterocycles. The molecule has 16 heavy (non-hydrogen) atoms. The number of para-hydroxylation sites is 1. The van der Waals surface area contributed by atoms with Gasteiger partial charge in [-0.2, -0.15) is 0 Å². The molecule has 0 spiro atoms. The van der Waals surface area contributed by atoms with E-state index in [4.69, 9.17) is 0 Å². The molecule has 1 saturated heterocycles. The summed E-state index contributed by atoms with van der Waals surface area (Å²) in [5.74, 6) is 0. The van der Waals surface area contributed by atoms with Gasteiger partial charge in [0.1, 0.15) is 0 Å². The van der Waals surface area contributed by atoms with Crippen molar-refractivity contribution in [3.63, 3.8) is 0 Å². The molecule has 2 atom stereocenters. The molecule has 1 aromatic carbocycles. The predicted molar refractivity (Wildman–Crippen MR) is 69.8 cm³/mol. The summed E-state index contributed by atoms with van der Waals surface area (Å²) in [7, 11) is 0. The summed E-state index contributed by atoms with van der Waals surface area (Å²) in [6.07, 6.45) is -0.308. The first-order valence-electron chi connectivity index (χ1n) is 5.58. The largest absolute Gasteiger partial charge is 0.390 e. The third kappa shape index (κ3) is 2.56. The fourth-order valence-corrected chi connectivity index (χ4v) is 2.57. The average molecular weight is 285 g/mol. The van der Waals surface area contributed by atoms with E-state index in [-0.39, 0.29) is 6.10 Å². The van der Waals surface area contributed by atoms with Crippen LogP contribution in [0.25, 0.3) is 0 Å². The van der Waals surface area contributed by atoms with Crippen LogP contribution in [0.5, 0.6) is 0 Å². The molecule has 0 amide bonds. The number of hydrogen-bond donors (Lipinski definition) is 2. The Bertz CT molecular complexity index is 359. The van der Waals surface area contributed by atoms with E-state index in [1.807, 2.05) is 18.2 Å². The van der Waals surface area contributed by atoms with Crippen molar-refractivity contribution in [2.45, 2.75) is 19.1 Å². The van der Waals surface area contributed by atoms with Gasteiger partial charge in [-0.1, -0.05) is 12.1 Å². The van der Waals surface area contributed by atoms with Crippen LogP contribution < -0.4 is 10.2 Å². The molecule has 1 aliphatic rings. The van der Waals surface area contributed by atoms with Gasteiger partial charge >= 0.3 is 0 Å². The van der Waals surface area contributed by atoms with Gasteiger partial charge in [0.25, 0.3) is 0 Å². The van der Waals surface area contributed by atoms with Crippen LogP contribution in [0.3, 0.4) is 0 Å². The molecule has 4 heteroatoms. The van der Waals surface area contributed by atoms with Crippen molar-refractivity contribution in [2.24, 2.45) is 0 Å². The maximum absolute atomic E-state index is 9.81. The van der Waals surface area contributed by atoms with Crippen LogP contribution in [-0.4, -0.2) is 36.9 Å². The number of anilines is 1. The van der Waals surface area contributed by atoms with Crippen molar-refractivity contribution in [2.75, 3.05) is 24.5 Å². The predicted octanol–water partition coefficient (Wildman–Crippen LogP) is 1.61. The van der Waals surface area contributed by atoms with Crippen molar-refractivity contribution in [1.82, 2.24) is 5.32 Å². The molecular weight excluding hydrogens is 268 g/mol. The Morgan fingerprint density at radius 1 is 1.38 bits per heavy atom. The van der Waals surface area contributed by atoms with Crippen LogP contribution in [0, 0.1) is 0 Å². The molecule has 0 aromatic heterocycles. The van der Waals surface area contributed by atoms with Crippen molar-refractivity contribution in [3.8, 4) is 0 Å². The van der Waals surface area contributed by atoms with Crippen LogP contribution in [-0.2, 0) is 0 Å². The summed E-state index contributed by atoms with van der Waals surface area (Å²) >= 11 is 3.56. The van der Waals surface area contributed by atoms with E-state index in [9.17, 15) is 5.11 Å². The van der Waals surface area contributed by atoms with Crippen molar-refractivity contribution < 1.29 is 5.11 Å². The quantitative estimate of drug-likeness (QED) is 0.823. The minimum absolute atomic E-state index is 0.308. The van der Waals surface area contributed by atoms with E-state index in [1.165, 1.54) is 0 Å². The summed E-state index contributed by atoms with van der Waals surface area (Å²) in [6, 6.07) is 8.53. The number of hydrogen-bond acceptors (Lipinski definition) is 3. The molecule has 3 nitrogen and oxygen atoms in total. The molecule has 2 unspecified atom stereocenters. The summed E-state index contributed by atoms with van der Waals surface area (Å²) < 4.78 is 1.08. The Morgan fingerprint density at radius 3 is 2.88 bits per heavy atom. The Kier molecular flexibility index (Phi) is 3.84. The summed E-state index contributed by atoms with van der Waals surface area (Å²) in [6.45, 7) is 4.42. The van der Waals surface area contributed by atoms with Crippen molar-refractivity contribution in [3.05, 3.63) is 28.7 Å². The van der Waals surface area contributed by atoms with Gasteiger partial charge in [-0.05, 0) is 35.0 Å². The minimum atomic E-state index is -0.308. The van der Waals surface area contributed by atoms with Gasteiger partial charge in [-0.15, -0.1) is 0 Å². The molecular formula is C12H17BrN2O. The normalized spacial score (nSPS) is 26.6. The topological polar surface area (TPSA) is 35.5 Å². The molecule has 88 valence electrons. The Balaban J connectivity index is 2.26. The number of benzene rings is 1. The molecule has 0 bridgehead atoms. The van der Waals surface area contributed by atoms with E-state index >= 15 is 0 Å². The molecule has 1 fully saturated rings. The fraction of sp³-hybridized carbons (Fsp3) is 0.500. The zero-order chi connectivity index (χ0) is 11.5. The molecule has 0 saturated carbocycles. The van der Waals surface area contributed by atoms with E-state index in [0.29, 0.717) is 19.1 Å². The van der Waals surface area contributed by atoms with E-state index in [2.05, 4.69) is 39.1 Å². The van der Waals surface area contributed by atoms with Gasteiger partial charge in [-0.3, -0.25) is 0 Å². The smallest absolute Gasteiger partial charge is 0.0839 e. The first kappa shape index (κ1) is 11.9. The van der Waals surface area contributed by atoms with Gasteiger partial charge in [0, 0.05) is 30.1 Å². The molecule has 1 aromatic rings. The second-order valence-electron chi connectivity index (χ2n) is 4.26. The maximum Gasteiger partial charge on any atom is 0.0839 e. The van der Waals surface area contributed by atoms with E-state index in [1.54, 1.807) is 0 Å². The highest BCUT2D eigenvalue weighted by Gasteiger charge is 2.22. The lowest BCUT2D eigenvalue weighted by Crippen LogP contribution is -2.39. The van der Waals surface area contributed by atoms with Crippen LogP contribution in [0.15, 0.2) is 28.7 Å². The Morgan fingerprint density at radius 2 is 2.12 bits per heavy atom. The molecule has 0 radical (unpaired) electrons. The summed E-state index contributed by atoms with van der Waals surface area (Å²) in [5.41, 5.74) is 1.15. The number of aliphatic hydroxyl groups is 1. The standard InChI is InChI=1S/C12H17BrN2O/c1-9-6-14-7-10(16)8-15(9)12-5-3-2-4-11(12)13/h2-5,9-10,14,16H,6-8H2,1H3. The van der Waals surface area contributed by atoms with Crippen molar-refractivity contribution >= 4 is 21.6 Å². The number of nitrogens with one attached hydrogen (secondary N) is 1. The molecule has 2 N–H and O–H groups in total. The second-order valence-corrected chi connectivity index (χ2v) is 5.12. The second kappa shape index (κ2) is 5.17. The maximum atomic E-state index is 9.81. The van der Waals surface area contributed by atoms with E-state index < -0.39 is 0 Å². The monoisotopic (exact) mass is 284 g/mol. The number of nitrogens with zero attached hydrogens (tertiary/aromatic N) is 1. The number of aliphatic hydroxyl groups excluding tert-OH is 1. The first-order chi connectivity index (χ1) is 7.68. The van der Waals surface area contributed by atoms with Crippen LogP contribution in [0.2, 0.25) is 0 Å². The average Bonchev–Trinajstić information content (AvgIpc) is 2.42. The van der Waals surface area contributed by atoms with Gasteiger partial charge in [0.2, 0.25) is 0 Å². The lowest BCUT2D eigenvalue weighted by molar-refractivity contribution is 0.184. The molecule has 2 rings (SSSR count).